The topological polar surface area (TPSA) is 38.3 Å². The van der Waals surface area contributed by atoms with E-state index < -0.39 is 12.0 Å². The summed E-state index contributed by atoms with van der Waals surface area (Å²) in [6, 6.07) is 4.63. The Labute approximate surface area is 86.2 Å². The van der Waals surface area contributed by atoms with Gasteiger partial charge in [-0.2, -0.15) is 8.78 Å². The second-order valence-electron chi connectivity index (χ2n) is 2.69. The Bertz CT molecular complexity index is 408. The Morgan fingerprint density at radius 1 is 1.43 bits per heavy atom. The molecule has 2 rings (SSSR count). The highest BCUT2D eigenvalue weighted by atomic mass is 79.9. The molecule has 0 aliphatic carbocycles. The molecule has 1 aliphatic heterocycles. The van der Waals surface area contributed by atoms with E-state index in [9.17, 15) is 13.6 Å². The van der Waals surface area contributed by atoms with Gasteiger partial charge in [-0.15, -0.1) is 0 Å². The van der Waals surface area contributed by atoms with Crippen molar-refractivity contribution in [3.05, 3.63) is 22.7 Å². The van der Waals surface area contributed by atoms with Crippen LogP contribution in [0.25, 0.3) is 0 Å². The van der Waals surface area contributed by atoms with Gasteiger partial charge < -0.3 is 10.1 Å². The quantitative estimate of drug-likeness (QED) is 0.781. The molecule has 1 aromatic carbocycles. The van der Waals surface area contributed by atoms with Gasteiger partial charge in [0.2, 0.25) is 0 Å². The summed E-state index contributed by atoms with van der Waals surface area (Å²) in [4.78, 5) is 10.8. The molecule has 0 saturated carbocycles. The molecule has 1 aliphatic rings. The molecule has 0 spiro atoms. The van der Waals surface area contributed by atoms with Gasteiger partial charge in [-0.05, 0) is 28.1 Å². The molecule has 0 saturated heterocycles. The molecule has 0 radical (unpaired) electrons. The first kappa shape index (κ1) is 9.39. The minimum absolute atomic E-state index is 0.0582. The number of carbonyl (C=O) groups excluding carboxylic acids is 1. The van der Waals surface area contributed by atoms with Crippen molar-refractivity contribution in [2.75, 3.05) is 5.32 Å². The third kappa shape index (κ3) is 1.35. The molecule has 1 aromatic rings. The van der Waals surface area contributed by atoms with Gasteiger partial charge in [0.25, 0.3) is 0 Å². The van der Waals surface area contributed by atoms with E-state index >= 15 is 0 Å². The zero-order valence-corrected chi connectivity index (χ0v) is 8.27. The normalized spacial score (nSPS) is 18.1. The van der Waals surface area contributed by atoms with Crippen LogP contribution in [0.1, 0.15) is 0 Å². The SMILES string of the molecule is O=C1Nc2cccc(Br)c2OC1(F)F. The molecule has 3 nitrogen and oxygen atoms in total. The second kappa shape index (κ2) is 2.91. The van der Waals surface area contributed by atoms with Crippen molar-refractivity contribution in [1.82, 2.24) is 0 Å². The van der Waals surface area contributed by atoms with Crippen LogP contribution in [0.2, 0.25) is 0 Å². The summed E-state index contributed by atoms with van der Waals surface area (Å²) in [7, 11) is 0. The third-order valence-electron chi connectivity index (χ3n) is 1.71. The van der Waals surface area contributed by atoms with Gasteiger partial charge in [0.15, 0.2) is 5.75 Å². The molecule has 0 unspecified atom stereocenters. The van der Waals surface area contributed by atoms with E-state index in [1.54, 1.807) is 12.1 Å². The number of carbonyl (C=O) groups is 1. The smallest absolute Gasteiger partial charge is 0.422 e. The lowest BCUT2D eigenvalue weighted by Gasteiger charge is -2.25. The molecule has 1 N–H and O–H groups in total. The van der Waals surface area contributed by atoms with E-state index in [-0.39, 0.29) is 11.4 Å². The number of ether oxygens (including phenoxy) is 1. The average molecular weight is 264 g/mol. The van der Waals surface area contributed by atoms with Crippen LogP contribution in [0.3, 0.4) is 0 Å². The first-order chi connectivity index (χ1) is 6.50. The van der Waals surface area contributed by atoms with Gasteiger partial charge in [0.1, 0.15) is 0 Å². The zero-order valence-electron chi connectivity index (χ0n) is 6.68. The third-order valence-corrected chi connectivity index (χ3v) is 2.33. The number of nitrogens with one attached hydrogen (secondary N) is 1. The van der Waals surface area contributed by atoms with Crippen LogP contribution in [0.5, 0.6) is 5.75 Å². The maximum atomic E-state index is 12.8. The highest BCUT2D eigenvalue weighted by Crippen LogP contribution is 2.40. The van der Waals surface area contributed by atoms with Crippen LogP contribution >= 0.6 is 15.9 Å². The summed E-state index contributed by atoms with van der Waals surface area (Å²) < 4.78 is 30.2. The fourth-order valence-electron chi connectivity index (χ4n) is 1.08. The Kier molecular flexibility index (Phi) is 1.95. The monoisotopic (exact) mass is 263 g/mol. The predicted molar refractivity (Wildman–Crippen MR) is 48.3 cm³/mol. The van der Waals surface area contributed by atoms with Crippen LogP contribution in [0.4, 0.5) is 14.5 Å². The van der Waals surface area contributed by atoms with E-state index in [4.69, 9.17) is 0 Å². The van der Waals surface area contributed by atoms with Crippen molar-refractivity contribution in [2.24, 2.45) is 0 Å². The van der Waals surface area contributed by atoms with Crippen LogP contribution in [-0.4, -0.2) is 12.0 Å². The van der Waals surface area contributed by atoms with Gasteiger partial charge in [-0.25, -0.2) is 0 Å². The average Bonchev–Trinajstić information content (AvgIpc) is 2.09. The molecule has 0 bridgehead atoms. The van der Waals surface area contributed by atoms with E-state index in [2.05, 4.69) is 20.7 Å². The number of hydrogen-bond donors (Lipinski definition) is 1. The Hall–Kier alpha value is -1.17. The van der Waals surface area contributed by atoms with Crippen molar-refractivity contribution in [1.29, 1.82) is 0 Å². The summed E-state index contributed by atoms with van der Waals surface area (Å²) in [6.45, 7) is 0. The molecule has 14 heavy (non-hydrogen) atoms. The summed E-state index contributed by atoms with van der Waals surface area (Å²) in [6.07, 6.45) is -3.81. The van der Waals surface area contributed by atoms with Crippen molar-refractivity contribution in [3.63, 3.8) is 0 Å². The van der Waals surface area contributed by atoms with Crippen molar-refractivity contribution >= 4 is 27.5 Å². The number of benzene rings is 1. The number of alkyl halides is 2. The van der Waals surface area contributed by atoms with Crippen molar-refractivity contribution < 1.29 is 18.3 Å². The van der Waals surface area contributed by atoms with E-state index in [1.807, 2.05) is 5.32 Å². The standard InChI is InChI=1S/C8H4BrF2NO2/c9-4-2-1-3-5-6(4)14-8(10,11)7(13)12-5/h1-3H,(H,12,13). The van der Waals surface area contributed by atoms with E-state index in [0.717, 1.165) is 0 Å². The van der Waals surface area contributed by atoms with Crippen molar-refractivity contribution in [3.8, 4) is 5.75 Å². The molecule has 1 heterocycles. The number of fused-ring (bicyclic) bond motifs is 1. The van der Waals surface area contributed by atoms with Gasteiger partial charge >= 0.3 is 12.0 Å². The van der Waals surface area contributed by atoms with Crippen LogP contribution in [0.15, 0.2) is 22.7 Å². The maximum Gasteiger partial charge on any atom is 0.482 e. The van der Waals surface area contributed by atoms with Crippen LogP contribution in [-0.2, 0) is 4.79 Å². The summed E-state index contributed by atoms with van der Waals surface area (Å²) >= 11 is 3.04. The lowest BCUT2D eigenvalue weighted by atomic mass is 10.2. The molecule has 1 amide bonds. The van der Waals surface area contributed by atoms with Crippen molar-refractivity contribution in [2.45, 2.75) is 6.11 Å². The lowest BCUT2D eigenvalue weighted by molar-refractivity contribution is -0.189. The van der Waals surface area contributed by atoms with Gasteiger partial charge in [0.05, 0.1) is 10.2 Å². The van der Waals surface area contributed by atoms with Gasteiger partial charge in [0, 0.05) is 0 Å². The molecule has 0 atom stereocenters. The largest absolute Gasteiger partial charge is 0.482 e. The van der Waals surface area contributed by atoms with Crippen LogP contribution < -0.4 is 10.1 Å². The van der Waals surface area contributed by atoms with E-state index in [0.29, 0.717) is 4.47 Å². The minimum Gasteiger partial charge on any atom is -0.422 e. The molecule has 0 fully saturated rings. The number of hydrogen-bond acceptors (Lipinski definition) is 2. The minimum atomic E-state index is -3.81. The fraction of sp³-hybridized carbons (Fsp3) is 0.125. The first-order valence-corrected chi connectivity index (χ1v) is 4.47. The summed E-state index contributed by atoms with van der Waals surface area (Å²) in [5.41, 5.74) is 0.232. The number of halogens is 3. The highest BCUT2D eigenvalue weighted by molar-refractivity contribution is 9.10. The molecule has 74 valence electrons. The summed E-state index contributed by atoms with van der Waals surface area (Å²) in [5, 5.41) is 2.05. The molecular weight excluding hydrogens is 260 g/mol. The molecule has 0 aromatic heterocycles. The maximum absolute atomic E-state index is 12.8. The molecular formula is C8H4BrF2NO2. The first-order valence-electron chi connectivity index (χ1n) is 3.67. The number of rotatable bonds is 0. The highest BCUT2D eigenvalue weighted by Gasteiger charge is 2.46. The Morgan fingerprint density at radius 2 is 2.14 bits per heavy atom. The van der Waals surface area contributed by atoms with E-state index in [1.165, 1.54) is 6.07 Å². The Balaban J connectivity index is 2.51. The predicted octanol–water partition coefficient (Wildman–Crippen LogP) is 2.37. The number of amides is 1. The Morgan fingerprint density at radius 3 is 2.86 bits per heavy atom. The second-order valence-corrected chi connectivity index (χ2v) is 3.54. The lowest BCUT2D eigenvalue weighted by Crippen LogP contribution is -2.43. The summed E-state index contributed by atoms with van der Waals surface area (Å²) in [5.74, 6) is -1.51. The van der Waals surface area contributed by atoms with Gasteiger partial charge in [-0.1, -0.05) is 6.07 Å². The fourth-order valence-corrected chi connectivity index (χ4v) is 1.53. The molecule has 6 heteroatoms. The van der Waals surface area contributed by atoms with Gasteiger partial charge in [-0.3, -0.25) is 4.79 Å². The number of anilines is 1. The van der Waals surface area contributed by atoms with Crippen LogP contribution in [0, 0.1) is 0 Å². The number of para-hydroxylation sites is 1. The zero-order chi connectivity index (χ0) is 10.3.